The SMILES string of the molecule is CCCCCCCCCCC(CCCCCCCCCC)C(=O)OCCCCCCC(CCCCCCOC(=O)C(CCCCCCCCCC)CCCCCCCCCC)OC(=O)NCCOCCN(C)C. The van der Waals surface area contributed by atoms with Crippen LogP contribution in [0.5, 0.6) is 0 Å². The first kappa shape index (κ1) is 71.1. The molecule has 0 saturated carbocycles. The highest BCUT2D eigenvalue weighted by molar-refractivity contribution is 5.72. The molecule has 434 valence electrons. The maximum atomic E-state index is 13.4. The Balaban J connectivity index is 4.94. The Kier molecular flexibility index (Phi) is 56.3. The maximum Gasteiger partial charge on any atom is 0.407 e. The third kappa shape index (κ3) is 52.0. The minimum absolute atomic E-state index is 0.0268. The van der Waals surface area contributed by atoms with Gasteiger partial charge in [0.2, 0.25) is 0 Å². The van der Waals surface area contributed by atoms with Crippen molar-refractivity contribution in [2.24, 2.45) is 11.8 Å². The second kappa shape index (κ2) is 57.8. The molecule has 0 aliphatic heterocycles. The van der Waals surface area contributed by atoms with Crippen LogP contribution in [-0.2, 0) is 28.5 Å². The molecule has 0 radical (unpaired) electrons. The fourth-order valence-electron chi connectivity index (χ4n) is 10.1. The van der Waals surface area contributed by atoms with Gasteiger partial charge in [0.1, 0.15) is 6.10 Å². The summed E-state index contributed by atoms with van der Waals surface area (Å²) < 4.78 is 23.5. The lowest BCUT2D eigenvalue weighted by atomic mass is 9.94. The number of amides is 1. The first-order chi connectivity index (χ1) is 35.8. The van der Waals surface area contributed by atoms with E-state index in [1.54, 1.807) is 0 Å². The summed E-state index contributed by atoms with van der Waals surface area (Å²) in [5.74, 6) is 0.137. The van der Waals surface area contributed by atoms with Gasteiger partial charge in [-0.15, -0.1) is 0 Å². The van der Waals surface area contributed by atoms with Crippen LogP contribution in [0.1, 0.15) is 323 Å². The quantitative estimate of drug-likeness (QED) is 0.0365. The van der Waals surface area contributed by atoms with E-state index in [-0.39, 0.29) is 36.0 Å². The van der Waals surface area contributed by atoms with Crippen LogP contribution >= 0.6 is 0 Å². The summed E-state index contributed by atoms with van der Waals surface area (Å²) in [4.78, 5) is 41.7. The molecular formula is C64H126N2O7. The van der Waals surface area contributed by atoms with Crippen molar-refractivity contribution < 1.29 is 33.3 Å². The second-order valence-corrected chi connectivity index (χ2v) is 22.6. The van der Waals surface area contributed by atoms with E-state index in [1.165, 1.54) is 180 Å². The van der Waals surface area contributed by atoms with Crippen molar-refractivity contribution in [2.75, 3.05) is 53.6 Å². The largest absolute Gasteiger partial charge is 0.465 e. The number of unbranched alkanes of at least 4 members (excludes halogenated alkanes) is 34. The summed E-state index contributed by atoms with van der Waals surface area (Å²) in [5, 5.41) is 2.89. The molecule has 0 aromatic rings. The van der Waals surface area contributed by atoms with Crippen LogP contribution in [0.15, 0.2) is 0 Å². The van der Waals surface area contributed by atoms with Gasteiger partial charge in [-0.1, -0.05) is 259 Å². The molecule has 0 fully saturated rings. The van der Waals surface area contributed by atoms with E-state index < -0.39 is 0 Å². The molecular weight excluding hydrogens is 909 g/mol. The highest BCUT2D eigenvalue weighted by Gasteiger charge is 2.21. The van der Waals surface area contributed by atoms with Crippen molar-refractivity contribution in [2.45, 2.75) is 329 Å². The first-order valence-electron chi connectivity index (χ1n) is 32.3. The van der Waals surface area contributed by atoms with Gasteiger partial charge in [-0.2, -0.15) is 0 Å². The number of nitrogens with one attached hydrogen (secondary N) is 1. The Bertz CT molecular complexity index is 1040. The zero-order chi connectivity index (χ0) is 53.3. The second-order valence-electron chi connectivity index (χ2n) is 22.6. The van der Waals surface area contributed by atoms with Crippen LogP contribution < -0.4 is 5.32 Å². The van der Waals surface area contributed by atoms with Crippen molar-refractivity contribution >= 4 is 18.0 Å². The molecule has 0 aliphatic carbocycles. The topological polar surface area (TPSA) is 103 Å². The molecule has 1 amide bonds. The highest BCUT2D eigenvalue weighted by Crippen LogP contribution is 2.24. The standard InChI is InChI=1S/C64H126N2O7/c1-7-11-15-19-23-27-31-39-47-59(48-40-32-28-24-20-16-12-8-2)62(67)71-55-45-37-35-43-51-61(73-64(69)65-53-57-70-58-54-66(5)6)52-44-36-38-46-56-72-63(68)60(49-41-33-29-25-21-17-13-9-3)50-42-34-30-26-22-18-14-10-4/h59-61H,7-58H2,1-6H3,(H,65,69). The van der Waals surface area contributed by atoms with Crippen molar-refractivity contribution in [3.05, 3.63) is 0 Å². The van der Waals surface area contributed by atoms with E-state index in [0.717, 1.165) is 122 Å². The van der Waals surface area contributed by atoms with E-state index in [4.69, 9.17) is 18.9 Å². The molecule has 0 aliphatic rings. The Morgan fingerprint density at radius 2 is 0.644 bits per heavy atom. The molecule has 0 spiro atoms. The number of esters is 2. The van der Waals surface area contributed by atoms with Gasteiger partial charge in [-0.05, 0) is 78.3 Å². The average Bonchev–Trinajstić information content (AvgIpc) is 3.38. The number of hydrogen-bond donors (Lipinski definition) is 1. The number of rotatable bonds is 59. The van der Waals surface area contributed by atoms with Gasteiger partial charge in [-0.3, -0.25) is 9.59 Å². The Hall–Kier alpha value is -1.87. The van der Waals surface area contributed by atoms with Crippen molar-refractivity contribution in [3.8, 4) is 0 Å². The minimum Gasteiger partial charge on any atom is -0.465 e. The summed E-state index contributed by atoms with van der Waals surface area (Å²) in [6.45, 7) is 12.4. The van der Waals surface area contributed by atoms with Crippen LogP contribution in [0.4, 0.5) is 4.79 Å². The Morgan fingerprint density at radius 3 is 0.959 bits per heavy atom. The smallest absolute Gasteiger partial charge is 0.407 e. The van der Waals surface area contributed by atoms with Crippen molar-refractivity contribution in [1.82, 2.24) is 10.2 Å². The normalized spacial score (nSPS) is 11.7. The third-order valence-corrected chi connectivity index (χ3v) is 15.1. The van der Waals surface area contributed by atoms with Gasteiger partial charge in [0.15, 0.2) is 0 Å². The molecule has 73 heavy (non-hydrogen) atoms. The number of hydrogen-bond acceptors (Lipinski definition) is 8. The zero-order valence-corrected chi connectivity index (χ0v) is 49.8. The lowest BCUT2D eigenvalue weighted by Gasteiger charge is -2.19. The van der Waals surface area contributed by atoms with Crippen LogP contribution in [0.3, 0.4) is 0 Å². The number of nitrogens with zero attached hydrogens (tertiary/aromatic N) is 1. The van der Waals surface area contributed by atoms with E-state index >= 15 is 0 Å². The summed E-state index contributed by atoms with van der Waals surface area (Å²) in [7, 11) is 4.04. The Morgan fingerprint density at radius 1 is 0.356 bits per heavy atom. The summed E-state index contributed by atoms with van der Waals surface area (Å²) in [6, 6.07) is 0. The minimum atomic E-state index is -0.373. The molecule has 9 heteroatoms. The molecule has 0 saturated heterocycles. The number of carbonyl (C=O) groups is 3. The monoisotopic (exact) mass is 1030 g/mol. The van der Waals surface area contributed by atoms with Crippen molar-refractivity contribution in [3.63, 3.8) is 0 Å². The molecule has 0 rings (SSSR count). The third-order valence-electron chi connectivity index (χ3n) is 15.1. The summed E-state index contributed by atoms with van der Waals surface area (Å²) >= 11 is 0. The lowest BCUT2D eigenvalue weighted by molar-refractivity contribution is -0.150. The van der Waals surface area contributed by atoms with Gasteiger partial charge in [0, 0.05) is 13.1 Å². The van der Waals surface area contributed by atoms with E-state index in [1.807, 2.05) is 14.1 Å². The molecule has 0 atom stereocenters. The fraction of sp³-hybridized carbons (Fsp3) is 0.953. The van der Waals surface area contributed by atoms with E-state index in [2.05, 4.69) is 37.9 Å². The first-order valence-corrected chi connectivity index (χ1v) is 32.3. The van der Waals surface area contributed by atoms with Crippen LogP contribution in [0.2, 0.25) is 0 Å². The number of ether oxygens (including phenoxy) is 4. The summed E-state index contributed by atoms with van der Waals surface area (Å²) in [5.41, 5.74) is 0. The van der Waals surface area contributed by atoms with Crippen LogP contribution in [-0.4, -0.2) is 82.6 Å². The van der Waals surface area contributed by atoms with Gasteiger partial charge < -0.3 is 29.2 Å². The van der Waals surface area contributed by atoms with Crippen molar-refractivity contribution in [1.29, 1.82) is 0 Å². The molecule has 0 aromatic carbocycles. The van der Waals surface area contributed by atoms with Crippen LogP contribution in [0, 0.1) is 11.8 Å². The van der Waals surface area contributed by atoms with Gasteiger partial charge in [0.05, 0.1) is 38.3 Å². The number of carbonyl (C=O) groups excluding carboxylic acids is 3. The lowest BCUT2D eigenvalue weighted by Crippen LogP contribution is -2.32. The molecule has 0 unspecified atom stereocenters. The van der Waals surface area contributed by atoms with E-state index in [9.17, 15) is 14.4 Å². The molecule has 0 aromatic heterocycles. The average molecular weight is 1040 g/mol. The van der Waals surface area contributed by atoms with Crippen LogP contribution in [0.25, 0.3) is 0 Å². The highest BCUT2D eigenvalue weighted by atomic mass is 16.6. The predicted molar refractivity (Wildman–Crippen MR) is 312 cm³/mol. The van der Waals surface area contributed by atoms with Gasteiger partial charge in [0.25, 0.3) is 0 Å². The maximum absolute atomic E-state index is 13.4. The van der Waals surface area contributed by atoms with Gasteiger partial charge >= 0.3 is 18.0 Å². The Labute approximate surface area is 454 Å². The zero-order valence-electron chi connectivity index (χ0n) is 49.8. The molecule has 1 N–H and O–H groups in total. The van der Waals surface area contributed by atoms with E-state index in [0.29, 0.717) is 33.0 Å². The summed E-state index contributed by atoms with van der Waals surface area (Å²) in [6.07, 6.45) is 53.8. The molecule has 0 bridgehead atoms. The number of alkyl carbamates (subject to hydrolysis) is 1. The number of likely N-dealkylation sites (N-methyl/N-ethyl adjacent to an activating group) is 1. The molecule has 9 nitrogen and oxygen atoms in total. The fourth-order valence-corrected chi connectivity index (χ4v) is 10.1. The van der Waals surface area contributed by atoms with Gasteiger partial charge in [-0.25, -0.2) is 4.79 Å². The predicted octanol–water partition coefficient (Wildman–Crippen LogP) is 19.0. The molecule has 0 heterocycles.